The maximum Gasteiger partial charge on any atom is 0.274 e. The van der Waals surface area contributed by atoms with Crippen LogP contribution in [0, 0.1) is 5.92 Å². The van der Waals surface area contributed by atoms with Crippen LogP contribution in [0.3, 0.4) is 0 Å². The second-order valence-corrected chi connectivity index (χ2v) is 9.90. The van der Waals surface area contributed by atoms with Crippen LogP contribution >= 0.6 is 0 Å². The minimum absolute atomic E-state index is 0.0975. The van der Waals surface area contributed by atoms with Crippen molar-refractivity contribution in [3.8, 4) is 0 Å². The normalized spacial score (nSPS) is 29.1. The monoisotopic (exact) mass is 367 g/mol. The van der Waals surface area contributed by atoms with Crippen molar-refractivity contribution >= 4 is 15.7 Å². The molecular weight excluding hydrogens is 342 g/mol. The lowest BCUT2D eigenvalue weighted by molar-refractivity contribution is 0.0614. The molecule has 0 spiro atoms. The number of aromatic nitrogens is 2. The molecule has 0 aromatic carbocycles. The van der Waals surface area contributed by atoms with E-state index in [-0.39, 0.29) is 36.0 Å². The van der Waals surface area contributed by atoms with E-state index in [1.165, 1.54) is 0 Å². The Morgan fingerprint density at radius 3 is 2.72 bits per heavy atom. The number of hydrogen-bond donors (Lipinski definition) is 1. The highest BCUT2D eigenvalue weighted by molar-refractivity contribution is 7.91. The molecule has 0 bridgehead atoms. The summed E-state index contributed by atoms with van der Waals surface area (Å²) in [6.07, 6.45) is 4.58. The van der Waals surface area contributed by atoms with E-state index in [4.69, 9.17) is 0 Å². The van der Waals surface area contributed by atoms with E-state index in [0.717, 1.165) is 31.4 Å². The van der Waals surface area contributed by atoms with Gasteiger partial charge in [-0.15, -0.1) is 0 Å². The molecular formula is C17H25N3O4S. The average molecular weight is 367 g/mol. The van der Waals surface area contributed by atoms with Crippen LogP contribution in [0.5, 0.6) is 0 Å². The summed E-state index contributed by atoms with van der Waals surface area (Å²) in [6.45, 7) is 1.36. The van der Waals surface area contributed by atoms with Crippen LogP contribution in [-0.4, -0.2) is 65.3 Å². The van der Waals surface area contributed by atoms with Gasteiger partial charge in [-0.3, -0.25) is 9.48 Å². The third-order valence-corrected chi connectivity index (χ3v) is 7.35. The zero-order chi connectivity index (χ0) is 17.6. The van der Waals surface area contributed by atoms with E-state index < -0.39 is 9.84 Å². The number of amides is 1. The predicted octanol–water partition coefficient (Wildman–Crippen LogP) is 0.965. The minimum atomic E-state index is -2.99. The Morgan fingerprint density at radius 2 is 2.08 bits per heavy atom. The fourth-order valence-electron chi connectivity index (χ4n) is 4.02. The van der Waals surface area contributed by atoms with Crippen LogP contribution in [-0.2, 0) is 9.84 Å². The second-order valence-electron chi connectivity index (χ2n) is 7.67. The van der Waals surface area contributed by atoms with Crippen molar-refractivity contribution in [2.24, 2.45) is 5.92 Å². The first-order valence-electron chi connectivity index (χ1n) is 9.17. The molecule has 25 heavy (non-hydrogen) atoms. The van der Waals surface area contributed by atoms with Crippen LogP contribution in [0.25, 0.3) is 0 Å². The van der Waals surface area contributed by atoms with Crippen molar-refractivity contribution in [1.29, 1.82) is 0 Å². The molecule has 4 rings (SSSR count). The van der Waals surface area contributed by atoms with Crippen LogP contribution in [0.2, 0.25) is 0 Å². The highest BCUT2D eigenvalue weighted by Crippen LogP contribution is 2.42. The van der Waals surface area contributed by atoms with Crippen LogP contribution < -0.4 is 0 Å². The number of aliphatic hydroxyl groups is 1. The molecule has 8 heteroatoms. The molecule has 3 fully saturated rings. The van der Waals surface area contributed by atoms with E-state index in [2.05, 4.69) is 5.10 Å². The molecule has 0 radical (unpaired) electrons. The van der Waals surface area contributed by atoms with Crippen LogP contribution in [0.1, 0.15) is 60.2 Å². The fourth-order valence-corrected chi connectivity index (χ4v) is 5.71. The number of carbonyl (C=O) groups excluding carboxylic acids is 1. The first kappa shape index (κ1) is 17.0. The number of aliphatic hydroxyl groups excluding tert-OH is 1. The van der Waals surface area contributed by atoms with Crippen molar-refractivity contribution in [3.63, 3.8) is 0 Å². The highest BCUT2D eigenvalue weighted by atomic mass is 32.2. The summed E-state index contributed by atoms with van der Waals surface area (Å²) in [5, 5.41) is 13.9. The molecule has 2 aliphatic heterocycles. The van der Waals surface area contributed by atoms with E-state index in [1.807, 2.05) is 10.7 Å². The molecule has 2 unspecified atom stereocenters. The molecule has 1 aromatic rings. The standard InChI is InChI=1S/C17H25N3O4S/c21-10-12-2-1-6-19(9-12)17(22)15-8-16(13-3-4-13)20(18-15)14-5-7-25(23,24)11-14/h8,12-14,21H,1-7,9-11H2. The Kier molecular flexibility index (Phi) is 4.35. The Balaban J connectivity index is 1.58. The van der Waals surface area contributed by atoms with Crippen molar-refractivity contribution < 1.29 is 18.3 Å². The first-order valence-corrected chi connectivity index (χ1v) is 11.0. The van der Waals surface area contributed by atoms with Gasteiger partial charge in [-0.25, -0.2) is 8.42 Å². The summed E-state index contributed by atoms with van der Waals surface area (Å²) in [5.74, 6) is 0.777. The van der Waals surface area contributed by atoms with E-state index in [0.29, 0.717) is 31.1 Å². The molecule has 1 aromatic heterocycles. The number of nitrogens with zero attached hydrogens (tertiary/aromatic N) is 3. The topological polar surface area (TPSA) is 92.5 Å². The predicted molar refractivity (Wildman–Crippen MR) is 92.2 cm³/mol. The lowest BCUT2D eigenvalue weighted by Crippen LogP contribution is -2.41. The van der Waals surface area contributed by atoms with Gasteiger partial charge in [0, 0.05) is 31.3 Å². The van der Waals surface area contributed by atoms with Gasteiger partial charge in [-0.2, -0.15) is 5.10 Å². The Hall–Kier alpha value is -1.41. The van der Waals surface area contributed by atoms with Gasteiger partial charge in [-0.1, -0.05) is 0 Å². The van der Waals surface area contributed by atoms with Gasteiger partial charge >= 0.3 is 0 Å². The van der Waals surface area contributed by atoms with Gasteiger partial charge in [0.15, 0.2) is 15.5 Å². The molecule has 3 heterocycles. The Labute approximate surface area is 147 Å². The van der Waals surface area contributed by atoms with Gasteiger partial charge < -0.3 is 10.0 Å². The van der Waals surface area contributed by atoms with Gasteiger partial charge in [0.05, 0.1) is 17.5 Å². The smallest absolute Gasteiger partial charge is 0.274 e. The molecule has 7 nitrogen and oxygen atoms in total. The third kappa shape index (κ3) is 3.46. The average Bonchev–Trinajstić information content (AvgIpc) is 3.25. The summed E-state index contributed by atoms with van der Waals surface area (Å²) < 4.78 is 25.5. The largest absolute Gasteiger partial charge is 0.396 e. The zero-order valence-corrected chi connectivity index (χ0v) is 15.1. The lowest BCUT2D eigenvalue weighted by Gasteiger charge is -2.31. The van der Waals surface area contributed by atoms with E-state index in [9.17, 15) is 18.3 Å². The highest BCUT2D eigenvalue weighted by Gasteiger charge is 2.37. The maximum absolute atomic E-state index is 12.9. The molecule has 2 atom stereocenters. The van der Waals surface area contributed by atoms with Crippen molar-refractivity contribution in [2.45, 2.75) is 44.1 Å². The molecule has 1 amide bonds. The number of likely N-dealkylation sites (tertiary alicyclic amines) is 1. The van der Waals surface area contributed by atoms with Crippen LogP contribution in [0.4, 0.5) is 0 Å². The Bertz CT molecular complexity index is 769. The van der Waals surface area contributed by atoms with Gasteiger partial charge in [0.1, 0.15) is 0 Å². The molecule has 1 N–H and O–H groups in total. The van der Waals surface area contributed by atoms with Gasteiger partial charge in [-0.05, 0) is 44.1 Å². The molecule has 1 aliphatic carbocycles. The quantitative estimate of drug-likeness (QED) is 0.856. The van der Waals surface area contributed by atoms with E-state index >= 15 is 0 Å². The zero-order valence-electron chi connectivity index (χ0n) is 14.3. The lowest BCUT2D eigenvalue weighted by atomic mass is 9.99. The minimum Gasteiger partial charge on any atom is -0.396 e. The second kappa shape index (κ2) is 6.39. The SMILES string of the molecule is O=C(c1cc(C2CC2)n(C2CCS(=O)(=O)C2)n1)N1CCCC(CO)C1. The summed E-state index contributed by atoms with van der Waals surface area (Å²) in [6, 6.07) is 1.72. The van der Waals surface area contributed by atoms with Gasteiger partial charge in [0.25, 0.3) is 5.91 Å². The molecule has 2 saturated heterocycles. The number of piperidine rings is 1. The molecule has 1 saturated carbocycles. The maximum atomic E-state index is 12.9. The number of carbonyl (C=O) groups is 1. The number of hydrogen-bond acceptors (Lipinski definition) is 5. The summed E-state index contributed by atoms with van der Waals surface area (Å²) in [7, 11) is -2.99. The number of sulfone groups is 1. The van der Waals surface area contributed by atoms with Crippen molar-refractivity contribution in [3.05, 3.63) is 17.5 Å². The Morgan fingerprint density at radius 1 is 1.28 bits per heavy atom. The van der Waals surface area contributed by atoms with E-state index in [1.54, 1.807) is 4.90 Å². The first-order chi connectivity index (χ1) is 12.0. The third-order valence-electron chi connectivity index (χ3n) is 5.60. The van der Waals surface area contributed by atoms with Crippen molar-refractivity contribution in [2.75, 3.05) is 31.2 Å². The van der Waals surface area contributed by atoms with Crippen LogP contribution in [0.15, 0.2) is 6.07 Å². The summed E-state index contributed by atoms with van der Waals surface area (Å²) >= 11 is 0. The van der Waals surface area contributed by atoms with Crippen molar-refractivity contribution in [1.82, 2.24) is 14.7 Å². The number of rotatable bonds is 4. The molecule has 3 aliphatic rings. The molecule has 138 valence electrons. The van der Waals surface area contributed by atoms with Gasteiger partial charge in [0.2, 0.25) is 0 Å². The fraction of sp³-hybridized carbons (Fsp3) is 0.765. The summed E-state index contributed by atoms with van der Waals surface area (Å²) in [4.78, 5) is 14.6. The summed E-state index contributed by atoms with van der Waals surface area (Å²) in [5.41, 5.74) is 1.44.